The molecule has 0 unspecified atom stereocenters. The second-order valence-corrected chi connectivity index (χ2v) is 5.70. The number of carbonyl (C=O) groups is 1. The predicted molar refractivity (Wildman–Crippen MR) is 96.0 cm³/mol. The van der Waals surface area contributed by atoms with Gasteiger partial charge in [0.1, 0.15) is 23.0 Å². The van der Waals surface area contributed by atoms with Crippen molar-refractivity contribution in [2.75, 3.05) is 19.5 Å². The fraction of sp³-hybridized carbons (Fsp3) is 0.111. The topological polar surface area (TPSA) is 65.4 Å². The van der Waals surface area contributed by atoms with Crippen molar-refractivity contribution in [1.29, 1.82) is 0 Å². The molecule has 0 spiro atoms. The van der Waals surface area contributed by atoms with E-state index in [-0.39, 0.29) is 10.8 Å². The van der Waals surface area contributed by atoms with E-state index in [1.807, 2.05) is 0 Å². The standard InChI is InChI=1S/C18H15ClFN3O3/c1-25-14-7-15(19)17(16(8-14)26-2)22-18(24)11-9-21-23(10-11)13-5-3-12(20)4-6-13/h3-10H,1-2H3,(H,22,24). The third kappa shape index (κ3) is 3.62. The van der Waals surface area contributed by atoms with Crippen LogP contribution < -0.4 is 14.8 Å². The lowest BCUT2D eigenvalue weighted by Crippen LogP contribution is -2.12. The minimum Gasteiger partial charge on any atom is -0.497 e. The number of methoxy groups -OCH3 is 2. The van der Waals surface area contributed by atoms with Gasteiger partial charge >= 0.3 is 0 Å². The summed E-state index contributed by atoms with van der Waals surface area (Å²) in [6.07, 6.45) is 2.94. The van der Waals surface area contributed by atoms with E-state index in [2.05, 4.69) is 10.4 Å². The zero-order chi connectivity index (χ0) is 18.7. The molecule has 0 atom stereocenters. The molecule has 1 heterocycles. The Kier molecular flexibility index (Phi) is 5.09. The van der Waals surface area contributed by atoms with Crippen molar-refractivity contribution in [1.82, 2.24) is 9.78 Å². The van der Waals surface area contributed by atoms with Gasteiger partial charge in [-0.15, -0.1) is 0 Å². The molecule has 0 aliphatic heterocycles. The summed E-state index contributed by atoms with van der Waals surface area (Å²) in [4.78, 5) is 12.5. The van der Waals surface area contributed by atoms with Gasteiger partial charge in [0.15, 0.2) is 0 Å². The average Bonchev–Trinajstić information content (AvgIpc) is 3.13. The van der Waals surface area contributed by atoms with Crippen LogP contribution in [0.1, 0.15) is 10.4 Å². The molecule has 0 saturated carbocycles. The number of halogens is 2. The lowest BCUT2D eigenvalue weighted by atomic mass is 10.2. The van der Waals surface area contributed by atoms with Crippen LogP contribution in [0.2, 0.25) is 5.02 Å². The Morgan fingerprint density at radius 1 is 1.19 bits per heavy atom. The number of hydrogen-bond donors (Lipinski definition) is 1. The minimum absolute atomic E-state index is 0.278. The highest BCUT2D eigenvalue weighted by molar-refractivity contribution is 6.34. The first-order valence-corrected chi connectivity index (χ1v) is 7.93. The van der Waals surface area contributed by atoms with Crippen molar-refractivity contribution in [3.63, 3.8) is 0 Å². The molecule has 1 aromatic heterocycles. The minimum atomic E-state index is -0.413. The predicted octanol–water partition coefficient (Wildman–Crippen LogP) is 3.93. The molecule has 2 aromatic carbocycles. The molecule has 1 N–H and O–H groups in total. The summed E-state index contributed by atoms with van der Waals surface area (Å²) < 4.78 is 24.9. The van der Waals surface area contributed by atoms with Crippen LogP contribution in [0.25, 0.3) is 5.69 Å². The molecule has 0 bridgehead atoms. The average molecular weight is 376 g/mol. The van der Waals surface area contributed by atoms with Gasteiger partial charge in [0.25, 0.3) is 5.91 Å². The molecule has 0 fully saturated rings. The zero-order valence-corrected chi connectivity index (χ0v) is 14.7. The Morgan fingerprint density at radius 3 is 2.58 bits per heavy atom. The maximum absolute atomic E-state index is 13.0. The molecule has 0 radical (unpaired) electrons. The van der Waals surface area contributed by atoms with Gasteiger partial charge in [0, 0.05) is 18.3 Å². The summed E-state index contributed by atoms with van der Waals surface area (Å²) in [7, 11) is 2.97. The van der Waals surface area contributed by atoms with Crippen LogP contribution in [0.5, 0.6) is 11.5 Å². The molecule has 6 nitrogen and oxygen atoms in total. The molecule has 0 aliphatic carbocycles. The lowest BCUT2D eigenvalue weighted by Gasteiger charge is -2.13. The molecule has 8 heteroatoms. The van der Waals surface area contributed by atoms with Gasteiger partial charge in [0.05, 0.1) is 36.7 Å². The summed E-state index contributed by atoms with van der Waals surface area (Å²) in [6.45, 7) is 0. The Hall–Kier alpha value is -3.06. The van der Waals surface area contributed by atoms with Crippen molar-refractivity contribution in [3.8, 4) is 17.2 Å². The van der Waals surface area contributed by atoms with E-state index >= 15 is 0 Å². The number of nitrogens with zero attached hydrogens (tertiary/aromatic N) is 2. The normalized spacial score (nSPS) is 10.5. The van der Waals surface area contributed by atoms with Crippen LogP contribution in [0.15, 0.2) is 48.8 Å². The fourth-order valence-electron chi connectivity index (χ4n) is 2.32. The van der Waals surface area contributed by atoms with Crippen molar-refractivity contribution in [3.05, 3.63) is 65.2 Å². The van der Waals surface area contributed by atoms with Gasteiger partial charge in [-0.1, -0.05) is 11.6 Å². The van der Waals surface area contributed by atoms with Crippen LogP contribution in [-0.2, 0) is 0 Å². The van der Waals surface area contributed by atoms with E-state index in [0.29, 0.717) is 28.4 Å². The Balaban J connectivity index is 1.84. The Labute approximate surface area is 154 Å². The lowest BCUT2D eigenvalue weighted by molar-refractivity contribution is 0.102. The SMILES string of the molecule is COc1cc(Cl)c(NC(=O)c2cnn(-c3ccc(F)cc3)c2)c(OC)c1. The van der Waals surface area contributed by atoms with Crippen LogP contribution in [0.4, 0.5) is 10.1 Å². The van der Waals surface area contributed by atoms with Crippen LogP contribution >= 0.6 is 11.6 Å². The third-order valence-electron chi connectivity index (χ3n) is 3.66. The van der Waals surface area contributed by atoms with Crippen LogP contribution in [0.3, 0.4) is 0 Å². The monoisotopic (exact) mass is 375 g/mol. The molecular weight excluding hydrogens is 361 g/mol. The Morgan fingerprint density at radius 2 is 1.92 bits per heavy atom. The molecule has 26 heavy (non-hydrogen) atoms. The maximum Gasteiger partial charge on any atom is 0.259 e. The van der Waals surface area contributed by atoms with Gasteiger partial charge in [0.2, 0.25) is 0 Å². The number of aromatic nitrogens is 2. The second kappa shape index (κ2) is 7.45. The van der Waals surface area contributed by atoms with Crippen LogP contribution in [0, 0.1) is 5.82 Å². The van der Waals surface area contributed by atoms with Gasteiger partial charge in [-0.25, -0.2) is 9.07 Å². The number of rotatable bonds is 5. The summed E-state index contributed by atoms with van der Waals surface area (Å²) in [5, 5.41) is 7.11. The van der Waals surface area contributed by atoms with Crippen molar-refractivity contribution >= 4 is 23.2 Å². The molecular formula is C18H15ClFN3O3. The number of hydrogen-bond acceptors (Lipinski definition) is 4. The number of ether oxygens (including phenoxy) is 2. The molecule has 134 valence electrons. The first-order chi connectivity index (χ1) is 12.5. The maximum atomic E-state index is 13.0. The van der Waals surface area contributed by atoms with Crippen LogP contribution in [-0.4, -0.2) is 29.9 Å². The largest absolute Gasteiger partial charge is 0.497 e. The number of benzene rings is 2. The smallest absolute Gasteiger partial charge is 0.259 e. The number of carbonyl (C=O) groups excluding carboxylic acids is 1. The molecule has 0 saturated heterocycles. The van der Waals surface area contributed by atoms with Gasteiger partial charge < -0.3 is 14.8 Å². The fourth-order valence-corrected chi connectivity index (χ4v) is 2.57. The van der Waals surface area contributed by atoms with E-state index in [4.69, 9.17) is 21.1 Å². The summed E-state index contributed by atoms with van der Waals surface area (Å²) >= 11 is 6.21. The first kappa shape index (κ1) is 17.8. The number of amides is 1. The van der Waals surface area contributed by atoms with E-state index in [1.54, 1.807) is 24.3 Å². The number of anilines is 1. The highest BCUT2D eigenvalue weighted by atomic mass is 35.5. The first-order valence-electron chi connectivity index (χ1n) is 7.55. The highest BCUT2D eigenvalue weighted by Crippen LogP contribution is 2.37. The van der Waals surface area contributed by atoms with E-state index < -0.39 is 5.91 Å². The highest BCUT2D eigenvalue weighted by Gasteiger charge is 2.16. The quantitative estimate of drug-likeness (QED) is 0.733. The van der Waals surface area contributed by atoms with Crippen molar-refractivity contribution in [2.45, 2.75) is 0 Å². The Bertz CT molecular complexity index is 941. The van der Waals surface area contributed by atoms with Crippen molar-refractivity contribution < 1.29 is 18.7 Å². The van der Waals surface area contributed by atoms with E-state index in [1.165, 1.54) is 43.4 Å². The summed E-state index contributed by atoms with van der Waals surface area (Å²) in [5.74, 6) is 0.117. The third-order valence-corrected chi connectivity index (χ3v) is 3.96. The van der Waals surface area contributed by atoms with Gasteiger partial charge in [-0.3, -0.25) is 4.79 Å². The molecule has 3 aromatic rings. The number of nitrogens with one attached hydrogen (secondary N) is 1. The van der Waals surface area contributed by atoms with Gasteiger partial charge in [-0.05, 0) is 24.3 Å². The molecule has 0 aliphatic rings. The molecule has 1 amide bonds. The second-order valence-electron chi connectivity index (χ2n) is 5.29. The van der Waals surface area contributed by atoms with Gasteiger partial charge in [-0.2, -0.15) is 5.10 Å². The van der Waals surface area contributed by atoms with Crippen molar-refractivity contribution in [2.24, 2.45) is 0 Å². The summed E-state index contributed by atoms with van der Waals surface area (Å²) in [6, 6.07) is 8.95. The zero-order valence-electron chi connectivity index (χ0n) is 14.0. The van der Waals surface area contributed by atoms with E-state index in [9.17, 15) is 9.18 Å². The summed E-state index contributed by atoms with van der Waals surface area (Å²) in [5.41, 5.74) is 1.27. The molecule has 3 rings (SSSR count). The van der Waals surface area contributed by atoms with E-state index in [0.717, 1.165) is 0 Å².